The number of ketones is 1. The third kappa shape index (κ3) is 5.05. The number of benzene rings is 2. The first kappa shape index (κ1) is 24.6. The number of halogens is 1. The monoisotopic (exact) mass is 524 g/mol. The number of rotatable bonds is 7. The maximum atomic E-state index is 13.6. The molecule has 0 radical (unpaired) electrons. The van der Waals surface area contributed by atoms with Crippen molar-refractivity contribution in [1.82, 2.24) is 19.2 Å². The molecule has 186 valence electrons. The molecule has 2 heterocycles. The molecule has 0 amide bonds. The van der Waals surface area contributed by atoms with E-state index in [1.54, 1.807) is 30.6 Å². The van der Waals surface area contributed by atoms with Crippen molar-refractivity contribution in [3.63, 3.8) is 0 Å². The molecule has 1 aliphatic heterocycles. The topological polar surface area (TPSA) is 92.7 Å². The van der Waals surface area contributed by atoms with Crippen molar-refractivity contribution in [2.24, 2.45) is 0 Å². The molecule has 1 aliphatic carbocycles. The molecule has 8 nitrogen and oxygen atoms in total. The molecule has 0 N–H and O–H groups in total. The molecule has 0 spiro atoms. The number of piperazine rings is 1. The van der Waals surface area contributed by atoms with Gasteiger partial charge in [-0.25, -0.2) is 18.4 Å². The maximum Gasteiger partial charge on any atom is 0.211 e. The van der Waals surface area contributed by atoms with Crippen LogP contribution in [0.15, 0.2) is 61.2 Å². The molecule has 0 bridgehead atoms. The van der Waals surface area contributed by atoms with Crippen LogP contribution in [0.3, 0.4) is 0 Å². The molecule has 2 aliphatic rings. The molecule has 10 heteroatoms. The Morgan fingerprint density at radius 2 is 1.61 bits per heavy atom. The number of carbonyl (C=O) groups excluding carboxylic acids is 1. The Morgan fingerprint density at radius 1 is 0.917 bits per heavy atom. The zero-order valence-corrected chi connectivity index (χ0v) is 21.3. The maximum absolute atomic E-state index is 13.6. The third-order valence-corrected chi connectivity index (χ3v) is 8.00. The number of hydrogen-bond donors (Lipinski definition) is 0. The van der Waals surface area contributed by atoms with Gasteiger partial charge in [0.1, 0.15) is 18.7 Å². The highest BCUT2D eigenvalue weighted by Crippen LogP contribution is 2.43. The van der Waals surface area contributed by atoms with Gasteiger partial charge in [-0.2, -0.15) is 4.31 Å². The Balaban J connectivity index is 1.34. The third-order valence-electron chi connectivity index (χ3n) is 6.44. The lowest BCUT2D eigenvalue weighted by Gasteiger charge is -2.33. The molecule has 36 heavy (non-hydrogen) atoms. The number of nitrogens with zero attached hydrogens (tertiary/aromatic N) is 4. The quantitative estimate of drug-likeness (QED) is 0.468. The molecule has 0 unspecified atom stereocenters. The van der Waals surface area contributed by atoms with Crippen molar-refractivity contribution in [3.05, 3.63) is 88.5 Å². The van der Waals surface area contributed by atoms with Crippen molar-refractivity contribution < 1.29 is 17.9 Å². The van der Waals surface area contributed by atoms with Crippen LogP contribution >= 0.6 is 11.6 Å². The smallest absolute Gasteiger partial charge is 0.211 e. The molecule has 0 atom stereocenters. The van der Waals surface area contributed by atoms with Gasteiger partial charge in [-0.3, -0.25) is 9.69 Å². The Morgan fingerprint density at radius 3 is 2.28 bits per heavy atom. The van der Waals surface area contributed by atoms with Crippen LogP contribution in [0.5, 0.6) is 5.75 Å². The number of Topliss-reactive ketones (excluding diaryl/α,β-unsaturated/α-hetero) is 1. The summed E-state index contributed by atoms with van der Waals surface area (Å²) in [7, 11) is -3.15. The van der Waals surface area contributed by atoms with Crippen LogP contribution in [0.4, 0.5) is 0 Å². The summed E-state index contributed by atoms with van der Waals surface area (Å²) in [4.78, 5) is 24.0. The normalized spacial score (nSPS) is 16.9. The van der Waals surface area contributed by atoms with Crippen molar-refractivity contribution >= 4 is 38.6 Å². The van der Waals surface area contributed by atoms with Gasteiger partial charge >= 0.3 is 0 Å². The lowest BCUT2D eigenvalue weighted by Crippen LogP contribution is -2.49. The minimum Gasteiger partial charge on any atom is -0.492 e. The van der Waals surface area contributed by atoms with Crippen molar-refractivity contribution in [2.45, 2.75) is 0 Å². The molecule has 3 aromatic rings. The summed E-state index contributed by atoms with van der Waals surface area (Å²) in [5, 5.41) is 0.620. The van der Waals surface area contributed by atoms with E-state index in [4.69, 9.17) is 16.3 Å². The van der Waals surface area contributed by atoms with Crippen LogP contribution < -0.4 is 4.74 Å². The van der Waals surface area contributed by atoms with Crippen LogP contribution in [-0.2, 0) is 10.0 Å². The minimum atomic E-state index is -3.15. The molecular weight excluding hydrogens is 500 g/mol. The van der Waals surface area contributed by atoms with Gasteiger partial charge in [-0.15, -0.1) is 0 Å². The van der Waals surface area contributed by atoms with E-state index in [1.807, 2.05) is 24.3 Å². The highest BCUT2D eigenvalue weighted by Gasteiger charge is 2.32. The molecule has 1 saturated heterocycles. The highest BCUT2D eigenvalue weighted by atomic mass is 35.5. The fourth-order valence-electron chi connectivity index (χ4n) is 4.60. The van der Waals surface area contributed by atoms with Gasteiger partial charge in [-0.05, 0) is 41.5 Å². The number of ether oxygens (including phenoxy) is 1. The SMILES string of the molecule is CS(=O)(=O)N1CCN(CCOc2ccc3c(c2)C(=O)C(c2cncnc2)=C3c2ccc(Cl)cc2)CC1. The van der Waals surface area contributed by atoms with E-state index in [0.717, 1.165) is 16.7 Å². The van der Waals surface area contributed by atoms with Crippen molar-refractivity contribution in [2.75, 3.05) is 45.6 Å². The minimum absolute atomic E-state index is 0.105. The van der Waals surface area contributed by atoms with Crippen LogP contribution in [-0.4, -0.2) is 79.0 Å². The highest BCUT2D eigenvalue weighted by molar-refractivity contribution is 7.88. The second-order valence-corrected chi connectivity index (χ2v) is 11.2. The summed E-state index contributed by atoms with van der Waals surface area (Å²) < 4.78 is 30.9. The van der Waals surface area contributed by atoms with E-state index < -0.39 is 10.0 Å². The zero-order valence-electron chi connectivity index (χ0n) is 19.7. The first-order chi connectivity index (χ1) is 17.3. The summed E-state index contributed by atoms with van der Waals surface area (Å²) in [6.45, 7) is 3.40. The Kier molecular flexibility index (Phi) is 6.90. The first-order valence-electron chi connectivity index (χ1n) is 11.6. The Labute approximate surface area is 215 Å². The van der Waals surface area contributed by atoms with Crippen molar-refractivity contribution in [3.8, 4) is 5.75 Å². The van der Waals surface area contributed by atoms with Crippen LogP contribution in [0.2, 0.25) is 5.02 Å². The fourth-order valence-corrected chi connectivity index (χ4v) is 5.55. The first-order valence-corrected chi connectivity index (χ1v) is 13.8. The molecular formula is C26H25ClN4O4S. The fraction of sp³-hybridized carbons (Fsp3) is 0.269. The van der Waals surface area contributed by atoms with Gasteiger partial charge in [0.2, 0.25) is 10.0 Å². The van der Waals surface area contributed by atoms with Gasteiger partial charge < -0.3 is 4.74 Å². The number of aromatic nitrogens is 2. The number of hydrogen-bond acceptors (Lipinski definition) is 7. The van der Waals surface area contributed by atoms with E-state index in [2.05, 4.69) is 14.9 Å². The summed E-state index contributed by atoms with van der Waals surface area (Å²) >= 11 is 6.10. The van der Waals surface area contributed by atoms with E-state index in [0.29, 0.717) is 66.8 Å². The van der Waals surface area contributed by atoms with Gasteiger partial charge in [0, 0.05) is 72.4 Å². The molecule has 2 aromatic carbocycles. The number of allylic oxidation sites excluding steroid dienone is 1. The Bertz CT molecular complexity index is 1420. The van der Waals surface area contributed by atoms with E-state index in [9.17, 15) is 13.2 Å². The zero-order chi connectivity index (χ0) is 25.3. The summed E-state index contributed by atoms with van der Waals surface area (Å²) in [6, 6.07) is 13.0. The summed E-state index contributed by atoms with van der Waals surface area (Å²) in [6.07, 6.45) is 5.96. The van der Waals surface area contributed by atoms with Gasteiger partial charge in [0.15, 0.2) is 5.78 Å². The predicted molar refractivity (Wildman–Crippen MR) is 139 cm³/mol. The van der Waals surface area contributed by atoms with Crippen LogP contribution in [0.25, 0.3) is 11.1 Å². The molecule has 0 saturated carbocycles. The lowest BCUT2D eigenvalue weighted by atomic mass is 9.95. The molecule has 1 aromatic heterocycles. The predicted octanol–water partition coefficient (Wildman–Crippen LogP) is 3.24. The van der Waals surface area contributed by atoms with E-state index in [-0.39, 0.29) is 5.78 Å². The standard InChI is InChI=1S/C26H25ClN4O4S/c1-36(33,34)31-10-8-30(9-11-31)12-13-35-21-6-7-22-23(14-21)26(32)25(19-15-28-17-29-16-19)24(22)18-2-4-20(27)5-3-18/h2-7,14-17H,8-13H2,1H3. The van der Waals surface area contributed by atoms with Crippen LogP contribution in [0, 0.1) is 0 Å². The largest absolute Gasteiger partial charge is 0.492 e. The number of fused-ring (bicyclic) bond motifs is 1. The number of carbonyl (C=O) groups is 1. The summed E-state index contributed by atoms with van der Waals surface area (Å²) in [5.74, 6) is 0.505. The summed E-state index contributed by atoms with van der Waals surface area (Å²) in [5.41, 5.74) is 4.29. The van der Waals surface area contributed by atoms with E-state index >= 15 is 0 Å². The average molecular weight is 525 g/mol. The van der Waals surface area contributed by atoms with E-state index in [1.165, 1.54) is 16.9 Å². The Hall–Kier alpha value is -3.11. The van der Waals surface area contributed by atoms with Gasteiger partial charge in [0.25, 0.3) is 0 Å². The van der Waals surface area contributed by atoms with Gasteiger partial charge in [0.05, 0.1) is 6.26 Å². The second-order valence-electron chi connectivity index (χ2n) is 8.77. The molecule has 1 fully saturated rings. The van der Waals surface area contributed by atoms with Crippen LogP contribution in [0.1, 0.15) is 27.0 Å². The lowest BCUT2D eigenvalue weighted by molar-refractivity contribution is 0.105. The number of sulfonamides is 1. The molecule has 5 rings (SSSR count). The van der Waals surface area contributed by atoms with Gasteiger partial charge in [-0.1, -0.05) is 23.7 Å². The van der Waals surface area contributed by atoms with Crippen molar-refractivity contribution in [1.29, 1.82) is 0 Å². The average Bonchev–Trinajstić information content (AvgIpc) is 3.16. The second kappa shape index (κ2) is 10.1.